The van der Waals surface area contributed by atoms with E-state index in [-0.39, 0.29) is 80.1 Å². The van der Waals surface area contributed by atoms with Gasteiger partial charge in [0.25, 0.3) is 0 Å². The highest BCUT2D eigenvalue weighted by atomic mass is 16.4. The first-order valence-electron chi connectivity index (χ1n) is 13.8. The highest BCUT2D eigenvalue weighted by Gasteiger charge is 2.40. The number of hydrogen-bond donors (Lipinski definition) is 2. The van der Waals surface area contributed by atoms with E-state index in [9.17, 15) is 39.0 Å². The summed E-state index contributed by atoms with van der Waals surface area (Å²) in [4.78, 5) is 83.0. The maximum absolute atomic E-state index is 14.3. The number of rotatable bonds is 5. The van der Waals surface area contributed by atoms with Gasteiger partial charge in [0.15, 0.2) is 23.1 Å². The van der Waals surface area contributed by atoms with Gasteiger partial charge in [-0.1, -0.05) is 48.5 Å². The first kappa shape index (κ1) is 28.2. The molecule has 2 aliphatic rings. The standard InChI is InChI=1S/C34H24N2O8/c1-3-35(33(41)42)23-15-13-21-25(31(39)19-11-7-5-9-17(19)29(21)37)27(23)28-24(36(4-2)34(43)44)16-14-22-26(28)32(40)20-12-8-6-10-18(20)30(22)38/h5-16H,3-4H2,1-2H3,(H,41,42)(H,43,44). The molecular weight excluding hydrogens is 564 g/mol. The van der Waals surface area contributed by atoms with E-state index in [0.29, 0.717) is 0 Å². The van der Waals surface area contributed by atoms with E-state index < -0.39 is 35.3 Å². The van der Waals surface area contributed by atoms with Crippen LogP contribution in [0.15, 0.2) is 72.8 Å². The van der Waals surface area contributed by atoms with Crippen molar-refractivity contribution in [3.05, 3.63) is 117 Å². The van der Waals surface area contributed by atoms with E-state index in [1.54, 1.807) is 38.1 Å². The van der Waals surface area contributed by atoms with Crippen LogP contribution in [-0.2, 0) is 0 Å². The molecule has 44 heavy (non-hydrogen) atoms. The Morgan fingerprint density at radius 1 is 0.477 bits per heavy atom. The fraction of sp³-hybridized carbons (Fsp3) is 0.118. The first-order chi connectivity index (χ1) is 21.1. The molecule has 0 saturated heterocycles. The van der Waals surface area contributed by atoms with E-state index in [1.807, 2.05) is 0 Å². The summed E-state index contributed by atoms with van der Waals surface area (Å²) < 4.78 is 0. The summed E-state index contributed by atoms with van der Waals surface area (Å²) in [6.07, 6.45) is -2.76. The van der Waals surface area contributed by atoms with Gasteiger partial charge in [-0.3, -0.25) is 29.0 Å². The van der Waals surface area contributed by atoms with Crippen molar-refractivity contribution < 1.29 is 39.0 Å². The van der Waals surface area contributed by atoms with Gasteiger partial charge in [0, 0.05) is 68.7 Å². The molecule has 0 bridgehead atoms. The van der Waals surface area contributed by atoms with E-state index in [2.05, 4.69) is 0 Å². The van der Waals surface area contributed by atoms with Crippen LogP contribution in [0.3, 0.4) is 0 Å². The van der Waals surface area contributed by atoms with Gasteiger partial charge in [-0.25, -0.2) is 9.59 Å². The van der Waals surface area contributed by atoms with E-state index >= 15 is 0 Å². The quantitative estimate of drug-likeness (QED) is 0.252. The van der Waals surface area contributed by atoms with Gasteiger partial charge in [-0.05, 0) is 38.1 Å². The maximum Gasteiger partial charge on any atom is 0.411 e. The molecule has 0 radical (unpaired) electrons. The fourth-order valence-electron chi connectivity index (χ4n) is 6.12. The summed E-state index contributed by atoms with van der Waals surface area (Å²) in [6.45, 7) is 2.97. The molecule has 2 aliphatic carbocycles. The molecule has 218 valence electrons. The Kier molecular flexibility index (Phi) is 6.69. The van der Waals surface area contributed by atoms with E-state index in [1.165, 1.54) is 48.5 Å². The fourth-order valence-corrected chi connectivity index (χ4v) is 6.12. The smallest absolute Gasteiger partial charge is 0.411 e. The minimum Gasteiger partial charge on any atom is -0.465 e. The zero-order chi connectivity index (χ0) is 31.4. The topological polar surface area (TPSA) is 149 Å². The lowest BCUT2D eigenvalue weighted by Gasteiger charge is -2.31. The van der Waals surface area contributed by atoms with Crippen molar-refractivity contribution >= 4 is 46.7 Å². The predicted octanol–water partition coefficient (Wildman–Crippen LogP) is 5.91. The number of anilines is 2. The Balaban J connectivity index is 1.83. The summed E-state index contributed by atoms with van der Waals surface area (Å²) in [7, 11) is 0. The lowest BCUT2D eigenvalue weighted by molar-refractivity contribution is 0.0978. The van der Waals surface area contributed by atoms with Crippen LogP contribution >= 0.6 is 0 Å². The number of ketones is 4. The van der Waals surface area contributed by atoms with Crippen molar-refractivity contribution in [3.8, 4) is 11.1 Å². The van der Waals surface area contributed by atoms with Crippen molar-refractivity contribution in [2.24, 2.45) is 0 Å². The monoisotopic (exact) mass is 588 g/mol. The zero-order valence-electron chi connectivity index (χ0n) is 23.6. The second-order valence-electron chi connectivity index (χ2n) is 10.2. The summed E-state index contributed by atoms with van der Waals surface area (Å²) in [5.74, 6) is -2.20. The largest absolute Gasteiger partial charge is 0.465 e. The average Bonchev–Trinajstić information content (AvgIpc) is 3.02. The normalized spacial score (nSPS) is 13.0. The Morgan fingerprint density at radius 2 is 0.795 bits per heavy atom. The van der Waals surface area contributed by atoms with Crippen LogP contribution in [0.25, 0.3) is 11.1 Å². The predicted molar refractivity (Wildman–Crippen MR) is 161 cm³/mol. The molecule has 4 aromatic carbocycles. The molecule has 0 unspecified atom stereocenters. The molecule has 0 fully saturated rings. The molecule has 6 rings (SSSR count). The van der Waals surface area contributed by atoms with Crippen molar-refractivity contribution in [2.75, 3.05) is 22.9 Å². The Labute approximate surface area is 250 Å². The highest BCUT2D eigenvalue weighted by molar-refractivity contribution is 6.35. The summed E-state index contributed by atoms with van der Waals surface area (Å²) in [5, 5.41) is 20.4. The molecular formula is C34H24N2O8. The van der Waals surface area contributed by atoms with Crippen LogP contribution in [0, 0.1) is 0 Å². The van der Waals surface area contributed by atoms with Gasteiger partial charge in [-0.2, -0.15) is 0 Å². The van der Waals surface area contributed by atoms with Crippen LogP contribution in [0.4, 0.5) is 21.0 Å². The molecule has 0 atom stereocenters. The number of carbonyl (C=O) groups is 6. The average molecular weight is 589 g/mol. The third kappa shape index (κ3) is 3.95. The number of fused-ring (bicyclic) bond motifs is 4. The van der Waals surface area contributed by atoms with Gasteiger partial charge in [0.1, 0.15) is 0 Å². The first-order valence-corrected chi connectivity index (χ1v) is 13.8. The Bertz CT molecular complexity index is 1850. The molecule has 2 N–H and O–H groups in total. The van der Waals surface area contributed by atoms with Crippen molar-refractivity contribution in [3.63, 3.8) is 0 Å². The van der Waals surface area contributed by atoms with Crippen molar-refractivity contribution in [1.82, 2.24) is 0 Å². The SMILES string of the molecule is CCN(C(=O)O)c1ccc2c(c1-c1c(N(CC)C(=O)O)ccc3c1C(=O)c1ccccc1C3=O)C(=O)c1ccccc1C2=O. The zero-order valence-corrected chi connectivity index (χ0v) is 23.6. The molecule has 0 spiro atoms. The lowest BCUT2D eigenvalue weighted by atomic mass is 9.75. The molecule has 0 heterocycles. The van der Waals surface area contributed by atoms with E-state index in [0.717, 1.165) is 9.80 Å². The third-order valence-electron chi connectivity index (χ3n) is 8.07. The number of hydrogen-bond acceptors (Lipinski definition) is 6. The number of nitrogens with zero attached hydrogens (tertiary/aromatic N) is 2. The Hall–Kier alpha value is -5.90. The van der Waals surface area contributed by atoms with Gasteiger partial charge >= 0.3 is 12.2 Å². The van der Waals surface area contributed by atoms with Crippen molar-refractivity contribution in [2.45, 2.75) is 13.8 Å². The molecule has 10 heteroatoms. The second kappa shape index (κ2) is 10.4. The van der Waals surface area contributed by atoms with E-state index in [4.69, 9.17) is 0 Å². The van der Waals surface area contributed by atoms with Crippen LogP contribution < -0.4 is 9.80 Å². The van der Waals surface area contributed by atoms with Gasteiger partial charge in [-0.15, -0.1) is 0 Å². The van der Waals surface area contributed by atoms with Gasteiger partial charge in [0.05, 0.1) is 11.4 Å². The molecule has 0 aliphatic heterocycles. The summed E-state index contributed by atoms with van der Waals surface area (Å²) >= 11 is 0. The van der Waals surface area contributed by atoms with Crippen molar-refractivity contribution in [1.29, 1.82) is 0 Å². The summed E-state index contributed by atoms with van der Waals surface area (Å²) in [5.41, 5.74) is -0.296. The number of benzene rings is 4. The number of carboxylic acid groups (broad SMARTS) is 2. The minimum absolute atomic E-state index is 0.0363. The second-order valence-corrected chi connectivity index (χ2v) is 10.2. The molecule has 0 aromatic heterocycles. The van der Waals surface area contributed by atoms with Gasteiger partial charge in [0.2, 0.25) is 0 Å². The number of carbonyl (C=O) groups excluding carboxylic acids is 4. The highest BCUT2D eigenvalue weighted by Crippen LogP contribution is 2.48. The minimum atomic E-state index is -1.38. The summed E-state index contributed by atoms with van der Waals surface area (Å²) in [6, 6.07) is 17.9. The van der Waals surface area contributed by atoms with Crippen LogP contribution in [0.1, 0.15) is 77.5 Å². The Morgan fingerprint density at radius 3 is 1.09 bits per heavy atom. The van der Waals surface area contributed by atoms with Crippen LogP contribution in [0.2, 0.25) is 0 Å². The third-order valence-corrected chi connectivity index (χ3v) is 8.07. The molecule has 2 amide bonds. The molecule has 10 nitrogen and oxygen atoms in total. The van der Waals surface area contributed by atoms with Crippen LogP contribution in [-0.4, -0.2) is 58.6 Å². The van der Waals surface area contributed by atoms with Crippen LogP contribution in [0.5, 0.6) is 0 Å². The molecule has 0 saturated carbocycles. The van der Waals surface area contributed by atoms with Gasteiger partial charge < -0.3 is 10.2 Å². The lowest BCUT2D eigenvalue weighted by Crippen LogP contribution is -2.33. The molecule has 4 aromatic rings. The maximum atomic E-state index is 14.3. The number of amides is 2.